The maximum Gasteiger partial charge on any atom is 0.348 e. The number of carbonyl (C=O) groups excluding carboxylic acids is 2. The average molecular weight is 319 g/mol. The van der Waals surface area contributed by atoms with Crippen LogP contribution in [-0.2, 0) is 9.53 Å². The second-order valence-electron chi connectivity index (χ2n) is 4.62. The van der Waals surface area contributed by atoms with E-state index in [1.807, 2.05) is 31.2 Å². The number of thiophene rings is 1. The Labute approximate surface area is 132 Å². The van der Waals surface area contributed by atoms with Crippen molar-refractivity contribution in [3.05, 3.63) is 52.2 Å². The van der Waals surface area contributed by atoms with Crippen molar-refractivity contribution in [2.24, 2.45) is 0 Å². The number of amides is 1. The molecule has 0 fully saturated rings. The van der Waals surface area contributed by atoms with Crippen LogP contribution in [0.2, 0.25) is 0 Å². The Morgan fingerprint density at radius 3 is 2.55 bits per heavy atom. The van der Waals surface area contributed by atoms with Crippen LogP contribution in [0.25, 0.3) is 0 Å². The van der Waals surface area contributed by atoms with Gasteiger partial charge in [0.05, 0.1) is 13.2 Å². The number of benzene rings is 1. The summed E-state index contributed by atoms with van der Waals surface area (Å²) in [6.07, 6.45) is 0. The van der Waals surface area contributed by atoms with Crippen LogP contribution >= 0.6 is 11.3 Å². The number of ether oxygens (including phenoxy) is 2. The number of hydrogen-bond donors (Lipinski definition) is 1. The van der Waals surface area contributed by atoms with Crippen LogP contribution in [-0.4, -0.2) is 25.6 Å². The van der Waals surface area contributed by atoms with Crippen LogP contribution in [0.4, 0.5) is 0 Å². The van der Waals surface area contributed by atoms with E-state index in [0.29, 0.717) is 4.88 Å². The van der Waals surface area contributed by atoms with Crippen LogP contribution in [0.1, 0.15) is 28.2 Å². The summed E-state index contributed by atoms with van der Waals surface area (Å²) in [5, 5.41) is 4.56. The molecule has 1 N–H and O–H groups in total. The molecule has 1 amide bonds. The topological polar surface area (TPSA) is 64.6 Å². The lowest BCUT2D eigenvalue weighted by molar-refractivity contribution is -0.124. The molecule has 2 rings (SSSR count). The van der Waals surface area contributed by atoms with Gasteiger partial charge in [-0.25, -0.2) is 4.79 Å². The van der Waals surface area contributed by atoms with E-state index in [1.54, 1.807) is 24.6 Å². The molecule has 0 saturated heterocycles. The van der Waals surface area contributed by atoms with Crippen LogP contribution in [0.15, 0.2) is 41.8 Å². The summed E-state index contributed by atoms with van der Waals surface area (Å²) in [6, 6.07) is 10.6. The van der Waals surface area contributed by atoms with E-state index in [2.05, 4.69) is 5.32 Å². The van der Waals surface area contributed by atoms with Crippen molar-refractivity contribution in [2.75, 3.05) is 13.7 Å². The SMILES string of the molecule is COc1ccc([C@H](C)NC(=O)COC(=O)c2cccs2)cc1. The molecule has 116 valence electrons. The van der Waals surface area contributed by atoms with Crippen LogP contribution in [0.3, 0.4) is 0 Å². The van der Waals surface area contributed by atoms with Gasteiger partial charge in [0.2, 0.25) is 0 Å². The van der Waals surface area contributed by atoms with E-state index in [9.17, 15) is 9.59 Å². The fourth-order valence-corrected chi connectivity index (χ4v) is 2.47. The van der Waals surface area contributed by atoms with Gasteiger partial charge in [-0.05, 0) is 36.1 Å². The van der Waals surface area contributed by atoms with Crippen molar-refractivity contribution >= 4 is 23.2 Å². The predicted molar refractivity (Wildman–Crippen MR) is 84.2 cm³/mol. The molecule has 0 saturated carbocycles. The van der Waals surface area contributed by atoms with Gasteiger partial charge in [-0.3, -0.25) is 4.79 Å². The average Bonchev–Trinajstić information content (AvgIpc) is 3.07. The monoisotopic (exact) mass is 319 g/mol. The molecular weight excluding hydrogens is 302 g/mol. The molecule has 5 nitrogen and oxygen atoms in total. The molecule has 0 spiro atoms. The molecule has 1 atom stereocenters. The zero-order chi connectivity index (χ0) is 15.9. The van der Waals surface area contributed by atoms with Gasteiger partial charge in [-0.1, -0.05) is 18.2 Å². The van der Waals surface area contributed by atoms with E-state index >= 15 is 0 Å². The highest BCUT2D eigenvalue weighted by atomic mass is 32.1. The van der Waals surface area contributed by atoms with Gasteiger partial charge in [-0.15, -0.1) is 11.3 Å². The van der Waals surface area contributed by atoms with Crippen LogP contribution in [0.5, 0.6) is 5.75 Å². The lowest BCUT2D eigenvalue weighted by atomic mass is 10.1. The summed E-state index contributed by atoms with van der Waals surface area (Å²) in [5.41, 5.74) is 0.943. The first-order valence-electron chi connectivity index (χ1n) is 6.74. The summed E-state index contributed by atoms with van der Waals surface area (Å²) >= 11 is 1.28. The third-order valence-electron chi connectivity index (χ3n) is 3.05. The Morgan fingerprint density at radius 1 is 1.23 bits per heavy atom. The molecule has 0 aliphatic heterocycles. The molecule has 6 heteroatoms. The van der Waals surface area contributed by atoms with Gasteiger partial charge in [0.1, 0.15) is 10.6 Å². The summed E-state index contributed by atoms with van der Waals surface area (Å²) in [5.74, 6) is -0.0670. The highest BCUT2D eigenvalue weighted by Crippen LogP contribution is 2.17. The normalized spacial score (nSPS) is 11.5. The Balaban J connectivity index is 1.81. The molecule has 22 heavy (non-hydrogen) atoms. The van der Waals surface area contributed by atoms with Gasteiger partial charge >= 0.3 is 5.97 Å². The highest BCUT2D eigenvalue weighted by Gasteiger charge is 2.13. The Kier molecular flexibility index (Phi) is 5.55. The second kappa shape index (κ2) is 7.61. The maximum atomic E-state index is 11.8. The first kappa shape index (κ1) is 16.0. The Morgan fingerprint density at radius 2 is 1.95 bits per heavy atom. The molecule has 0 unspecified atom stereocenters. The zero-order valence-electron chi connectivity index (χ0n) is 12.4. The summed E-state index contributed by atoms with van der Waals surface area (Å²) in [4.78, 5) is 23.9. The van der Waals surface area contributed by atoms with E-state index in [-0.39, 0.29) is 18.6 Å². The van der Waals surface area contributed by atoms with E-state index in [0.717, 1.165) is 11.3 Å². The number of nitrogens with one attached hydrogen (secondary N) is 1. The maximum absolute atomic E-state index is 11.8. The quantitative estimate of drug-likeness (QED) is 0.832. The Bertz CT molecular complexity index is 622. The van der Waals surface area contributed by atoms with Gasteiger partial charge in [0, 0.05) is 0 Å². The first-order chi connectivity index (χ1) is 10.6. The number of carbonyl (C=O) groups is 2. The second-order valence-corrected chi connectivity index (χ2v) is 5.56. The van der Waals surface area contributed by atoms with Gasteiger partial charge < -0.3 is 14.8 Å². The van der Waals surface area contributed by atoms with Gasteiger partial charge in [0.25, 0.3) is 5.91 Å². The van der Waals surface area contributed by atoms with Gasteiger partial charge in [-0.2, -0.15) is 0 Å². The highest BCUT2D eigenvalue weighted by molar-refractivity contribution is 7.11. The molecule has 1 aromatic heterocycles. The molecule has 1 aromatic carbocycles. The van der Waals surface area contributed by atoms with Crippen LogP contribution < -0.4 is 10.1 Å². The third kappa shape index (κ3) is 4.33. The number of methoxy groups -OCH3 is 1. The minimum Gasteiger partial charge on any atom is -0.497 e. The smallest absolute Gasteiger partial charge is 0.348 e. The number of rotatable bonds is 6. The molecule has 0 bridgehead atoms. The molecule has 1 heterocycles. The molecule has 0 aliphatic rings. The summed E-state index contributed by atoms with van der Waals surface area (Å²) in [6.45, 7) is 1.57. The predicted octanol–water partition coefficient (Wildman–Crippen LogP) is 2.79. The minimum atomic E-state index is -0.484. The molecular formula is C16H17NO4S. The van der Waals surface area contributed by atoms with Crippen molar-refractivity contribution in [2.45, 2.75) is 13.0 Å². The van der Waals surface area contributed by atoms with Crippen molar-refractivity contribution in [3.8, 4) is 5.75 Å². The third-order valence-corrected chi connectivity index (χ3v) is 3.90. The lowest BCUT2D eigenvalue weighted by Gasteiger charge is -2.14. The van der Waals surface area contributed by atoms with Crippen molar-refractivity contribution < 1.29 is 19.1 Å². The molecule has 0 radical (unpaired) electrons. The standard InChI is InChI=1S/C16H17NO4S/c1-11(12-5-7-13(20-2)8-6-12)17-15(18)10-21-16(19)14-4-3-9-22-14/h3-9,11H,10H2,1-2H3,(H,17,18)/t11-/m0/s1. The minimum absolute atomic E-state index is 0.182. The Hall–Kier alpha value is -2.34. The first-order valence-corrected chi connectivity index (χ1v) is 7.62. The van der Waals surface area contributed by atoms with E-state index in [4.69, 9.17) is 9.47 Å². The molecule has 2 aromatic rings. The fraction of sp³-hybridized carbons (Fsp3) is 0.250. The summed E-state index contributed by atoms with van der Waals surface area (Å²) < 4.78 is 10.0. The number of esters is 1. The molecule has 0 aliphatic carbocycles. The van der Waals surface area contributed by atoms with Crippen molar-refractivity contribution in [1.82, 2.24) is 5.32 Å². The zero-order valence-corrected chi connectivity index (χ0v) is 13.2. The van der Waals surface area contributed by atoms with Crippen molar-refractivity contribution in [3.63, 3.8) is 0 Å². The van der Waals surface area contributed by atoms with E-state index < -0.39 is 5.97 Å². The van der Waals surface area contributed by atoms with Crippen molar-refractivity contribution in [1.29, 1.82) is 0 Å². The largest absolute Gasteiger partial charge is 0.497 e. The van der Waals surface area contributed by atoms with Crippen LogP contribution in [0, 0.1) is 0 Å². The van der Waals surface area contributed by atoms with Gasteiger partial charge in [0.15, 0.2) is 6.61 Å². The number of hydrogen-bond acceptors (Lipinski definition) is 5. The summed E-state index contributed by atoms with van der Waals surface area (Å²) in [7, 11) is 1.60. The lowest BCUT2D eigenvalue weighted by Crippen LogP contribution is -2.31. The van der Waals surface area contributed by atoms with E-state index in [1.165, 1.54) is 11.3 Å². The fourth-order valence-electron chi connectivity index (χ4n) is 1.86.